The van der Waals surface area contributed by atoms with Gasteiger partial charge >= 0.3 is 0 Å². The average molecular weight is 225 g/mol. The molecule has 1 aliphatic rings. The fourth-order valence-corrected chi connectivity index (χ4v) is 1.93. The first-order valence-electron chi connectivity index (χ1n) is 5.99. The highest BCUT2D eigenvalue weighted by Gasteiger charge is 2.25. The van der Waals surface area contributed by atoms with Crippen molar-refractivity contribution in [2.45, 2.75) is 38.6 Å². The molecule has 1 aromatic heterocycles. The van der Waals surface area contributed by atoms with Crippen LogP contribution in [0.15, 0.2) is 4.42 Å². The van der Waals surface area contributed by atoms with Crippen LogP contribution in [0, 0.1) is 0 Å². The van der Waals surface area contributed by atoms with E-state index >= 15 is 0 Å². The summed E-state index contributed by atoms with van der Waals surface area (Å²) in [7, 11) is 0. The van der Waals surface area contributed by atoms with Crippen LogP contribution in [0.2, 0.25) is 0 Å². The number of aromatic nitrogens is 2. The summed E-state index contributed by atoms with van der Waals surface area (Å²) in [6.07, 6.45) is 1.94. The molecule has 0 amide bonds. The Morgan fingerprint density at radius 2 is 2.31 bits per heavy atom. The summed E-state index contributed by atoms with van der Waals surface area (Å²) in [5.74, 6) is 1.72. The summed E-state index contributed by atoms with van der Waals surface area (Å²) in [4.78, 5) is 0. The van der Waals surface area contributed by atoms with Gasteiger partial charge in [0.05, 0.1) is 18.6 Å². The van der Waals surface area contributed by atoms with Gasteiger partial charge < -0.3 is 14.5 Å². The van der Waals surface area contributed by atoms with Gasteiger partial charge in [0.25, 0.3) is 0 Å². The zero-order chi connectivity index (χ0) is 11.4. The van der Waals surface area contributed by atoms with Crippen LogP contribution in [0.5, 0.6) is 0 Å². The van der Waals surface area contributed by atoms with Crippen LogP contribution in [0.1, 0.15) is 50.4 Å². The van der Waals surface area contributed by atoms with Gasteiger partial charge in [0.15, 0.2) is 0 Å². The molecule has 90 valence electrons. The maximum absolute atomic E-state index is 5.71. The lowest BCUT2D eigenvalue weighted by Crippen LogP contribution is -2.20. The van der Waals surface area contributed by atoms with Crippen molar-refractivity contribution in [3.05, 3.63) is 11.8 Å². The van der Waals surface area contributed by atoms with Gasteiger partial charge in [0, 0.05) is 6.61 Å². The average Bonchev–Trinajstić information content (AvgIpc) is 2.95. The molecule has 1 aliphatic heterocycles. The van der Waals surface area contributed by atoms with Gasteiger partial charge in [-0.25, -0.2) is 0 Å². The maximum atomic E-state index is 5.71. The second-order valence-electron chi connectivity index (χ2n) is 4.06. The first kappa shape index (κ1) is 11.5. The zero-order valence-corrected chi connectivity index (χ0v) is 9.90. The second-order valence-corrected chi connectivity index (χ2v) is 4.06. The molecule has 1 saturated heterocycles. The Morgan fingerprint density at radius 3 is 2.94 bits per heavy atom. The van der Waals surface area contributed by atoms with E-state index in [4.69, 9.17) is 9.15 Å². The molecule has 2 rings (SSSR count). The molecule has 1 fully saturated rings. The molecular weight excluding hydrogens is 206 g/mol. The van der Waals surface area contributed by atoms with E-state index < -0.39 is 0 Å². The number of nitrogens with one attached hydrogen (secondary N) is 1. The summed E-state index contributed by atoms with van der Waals surface area (Å²) in [6.45, 7) is 6.59. The predicted molar refractivity (Wildman–Crippen MR) is 59.2 cm³/mol. The van der Waals surface area contributed by atoms with Gasteiger partial charge in [-0.3, -0.25) is 0 Å². The van der Waals surface area contributed by atoms with Gasteiger partial charge in [-0.15, -0.1) is 10.2 Å². The van der Waals surface area contributed by atoms with Crippen LogP contribution in [-0.4, -0.2) is 30.0 Å². The monoisotopic (exact) mass is 225 g/mol. The molecule has 1 N–H and O–H groups in total. The maximum Gasteiger partial charge on any atom is 0.233 e. The summed E-state index contributed by atoms with van der Waals surface area (Å²) in [6, 6.07) is 0.175. The highest BCUT2D eigenvalue weighted by Crippen LogP contribution is 2.25. The number of ether oxygens (including phenoxy) is 1. The smallest absolute Gasteiger partial charge is 0.233 e. The first-order valence-corrected chi connectivity index (χ1v) is 5.99. The highest BCUT2D eigenvalue weighted by atomic mass is 16.5. The summed E-state index contributed by atoms with van der Waals surface area (Å²) in [5.41, 5.74) is 0. The fraction of sp³-hybridized carbons (Fsp3) is 0.818. The van der Waals surface area contributed by atoms with Gasteiger partial charge in [0.2, 0.25) is 11.8 Å². The molecule has 2 atom stereocenters. The van der Waals surface area contributed by atoms with Crippen molar-refractivity contribution >= 4 is 0 Å². The molecule has 2 heterocycles. The molecule has 0 bridgehead atoms. The standard InChI is InChI=1S/C11H19N3O2/c1-3-9(12-4-2)11-14-13-10(16-11)8-5-6-15-7-8/h8-9,12H,3-7H2,1-2H3. The molecular formula is C11H19N3O2. The third-order valence-electron chi connectivity index (χ3n) is 2.89. The van der Waals surface area contributed by atoms with Gasteiger partial charge in [-0.05, 0) is 19.4 Å². The molecule has 16 heavy (non-hydrogen) atoms. The minimum Gasteiger partial charge on any atom is -0.423 e. The quantitative estimate of drug-likeness (QED) is 0.825. The minimum atomic E-state index is 0.175. The molecule has 0 aliphatic carbocycles. The highest BCUT2D eigenvalue weighted by molar-refractivity contribution is 4.96. The van der Waals surface area contributed by atoms with Crippen molar-refractivity contribution in [3.8, 4) is 0 Å². The summed E-state index contributed by atoms with van der Waals surface area (Å²) < 4.78 is 11.0. The van der Waals surface area contributed by atoms with Crippen LogP contribution in [0.3, 0.4) is 0 Å². The van der Waals surface area contributed by atoms with E-state index in [0.717, 1.165) is 31.9 Å². The third-order valence-corrected chi connectivity index (χ3v) is 2.89. The first-order chi connectivity index (χ1) is 7.85. The third kappa shape index (κ3) is 2.41. The predicted octanol–water partition coefficient (Wildman–Crippen LogP) is 1.63. The molecule has 1 aromatic rings. The normalized spacial score (nSPS) is 22.5. The van der Waals surface area contributed by atoms with Crippen LogP contribution in [-0.2, 0) is 4.74 Å². The Labute approximate surface area is 95.6 Å². The molecule has 0 aromatic carbocycles. The second kappa shape index (κ2) is 5.41. The SMILES string of the molecule is CCNC(CC)c1nnc(C2CCOC2)o1. The van der Waals surface area contributed by atoms with Crippen LogP contribution < -0.4 is 5.32 Å². The Bertz CT molecular complexity index is 321. The van der Waals surface area contributed by atoms with E-state index in [-0.39, 0.29) is 6.04 Å². The lowest BCUT2D eigenvalue weighted by Gasteiger charge is -2.10. The van der Waals surface area contributed by atoms with Crippen LogP contribution in [0.4, 0.5) is 0 Å². The van der Waals surface area contributed by atoms with Gasteiger partial charge in [-0.2, -0.15) is 0 Å². The number of hydrogen-bond donors (Lipinski definition) is 1. The van der Waals surface area contributed by atoms with Crippen molar-refractivity contribution in [2.24, 2.45) is 0 Å². The number of hydrogen-bond acceptors (Lipinski definition) is 5. The van der Waals surface area contributed by atoms with Crippen molar-refractivity contribution in [1.82, 2.24) is 15.5 Å². The zero-order valence-electron chi connectivity index (χ0n) is 9.90. The van der Waals surface area contributed by atoms with E-state index in [0.29, 0.717) is 18.4 Å². The van der Waals surface area contributed by atoms with E-state index in [1.54, 1.807) is 0 Å². The van der Waals surface area contributed by atoms with Gasteiger partial charge in [0.1, 0.15) is 0 Å². The van der Waals surface area contributed by atoms with Crippen LogP contribution in [0.25, 0.3) is 0 Å². The lowest BCUT2D eigenvalue weighted by atomic mass is 10.1. The summed E-state index contributed by atoms with van der Waals surface area (Å²) in [5, 5.41) is 11.6. The topological polar surface area (TPSA) is 60.2 Å². The molecule has 5 nitrogen and oxygen atoms in total. The molecule has 0 radical (unpaired) electrons. The molecule has 0 saturated carbocycles. The van der Waals surface area contributed by atoms with Crippen molar-refractivity contribution in [1.29, 1.82) is 0 Å². The molecule has 0 spiro atoms. The minimum absolute atomic E-state index is 0.175. The van der Waals surface area contributed by atoms with Crippen molar-refractivity contribution < 1.29 is 9.15 Å². The van der Waals surface area contributed by atoms with Gasteiger partial charge in [-0.1, -0.05) is 13.8 Å². The Kier molecular flexibility index (Phi) is 3.90. The largest absolute Gasteiger partial charge is 0.423 e. The van der Waals surface area contributed by atoms with E-state index in [1.807, 2.05) is 0 Å². The van der Waals surface area contributed by atoms with Crippen molar-refractivity contribution in [2.75, 3.05) is 19.8 Å². The van der Waals surface area contributed by atoms with Crippen molar-refractivity contribution in [3.63, 3.8) is 0 Å². The Hall–Kier alpha value is -0.940. The Balaban J connectivity index is 2.05. The number of rotatable bonds is 5. The van der Waals surface area contributed by atoms with Crippen LogP contribution >= 0.6 is 0 Å². The molecule has 5 heteroatoms. The fourth-order valence-electron chi connectivity index (χ4n) is 1.93. The molecule has 2 unspecified atom stereocenters. The van der Waals surface area contributed by atoms with E-state index in [2.05, 4.69) is 29.4 Å². The van der Waals surface area contributed by atoms with E-state index in [9.17, 15) is 0 Å². The lowest BCUT2D eigenvalue weighted by molar-refractivity contribution is 0.190. The summed E-state index contributed by atoms with van der Waals surface area (Å²) >= 11 is 0. The van der Waals surface area contributed by atoms with E-state index in [1.165, 1.54) is 0 Å². The Morgan fingerprint density at radius 1 is 1.44 bits per heavy atom. The number of nitrogens with zero attached hydrogens (tertiary/aromatic N) is 2.